The molecule has 1 aromatic heterocycles. The molecule has 1 heterocycles. The maximum Gasteiger partial charge on any atom is 0.418 e. The minimum atomic E-state index is -4.61. The lowest BCUT2D eigenvalue weighted by molar-refractivity contribution is -0.137. The van der Waals surface area contributed by atoms with Crippen LogP contribution in [0.4, 0.5) is 13.2 Å². The van der Waals surface area contributed by atoms with Gasteiger partial charge in [0.1, 0.15) is 0 Å². The minimum absolute atomic E-state index is 0.184. The number of benzene rings is 1. The zero-order valence-electron chi connectivity index (χ0n) is 16.2. The molecule has 0 unspecified atom stereocenters. The van der Waals surface area contributed by atoms with Crippen LogP contribution in [-0.2, 0) is 6.18 Å². The molecule has 0 bridgehead atoms. The van der Waals surface area contributed by atoms with Gasteiger partial charge in [0, 0.05) is 25.4 Å². The standard InChI is InChI=1S/C19H23F3N4O2/c1-12-9-15(27)16(17(28)25(4)11-18(2,3)10-23)24-26(12)14-8-6-5-7-13(14)19(20,21)22/h5-9H,10-11,23H2,1-4H3. The molecule has 0 aliphatic rings. The van der Waals surface area contributed by atoms with E-state index in [0.29, 0.717) is 6.54 Å². The van der Waals surface area contributed by atoms with Gasteiger partial charge in [0.05, 0.1) is 11.3 Å². The number of nitrogens with two attached hydrogens (primary N) is 1. The summed E-state index contributed by atoms with van der Waals surface area (Å²) in [6, 6.07) is 5.96. The van der Waals surface area contributed by atoms with Gasteiger partial charge in [0.2, 0.25) is 5.43 Å². The average molecular weight is 396 g/mol. The molecule has 0 radical (unpaired) electrons. The maximum absolute atomic E-state index is 13.4. The number of amides is 1. The van der Waals surface area contributed by atoms with Crippen LogP contribution in [0.15, 0.2) is 35.1 Å². The quantitative estimate of drug-likeness (QED) is 0.843. The van der Waals surface area contributed by atoms with E-state index in [-0.39, 0.29) is 17.9 Å². The van der Waals surface area contributed by atoms with Crippen molar-refractivity contribution in [1.82, 2.24) is 14.7 Å². The smallest absolute Gasteiger partial charge is 0.340 e. The third kappa shape index (κ3) is 4.59. The number of aromatic nitrogens is 2. The van der Waals surface area contributed by atoms with Crippen LogP contribution >= 0.6 is 0 Å². The van der Waals surface area contributed by atoms with Gasteiger partial charge >= 0.3 is 6.18 Å². The maximum atomic E-state index is 13.4. The summed E-state index contributed by atoms with van der Waals surface area (Å²) in [6.07, 6.45) is -4.61. The first-order valence-electron chi connectivity index (χ1n) is 8.60. The van der Waals surface area contributed by atoms with Crippen LogP contribution in [0.2, 0.25) is 0 Å². The van der Waals surface area contributed by atoms with Gasteiger partial charge in [-0.05, 0) is 31.0 Å². The normalized spacial score (nSPS) is 12.1. The van der Waals surface area contributed by atoms with E-state index in [2.05, 4.69) is 5.10 Å². The summed E-state index contributed by atoms with van der Waals surface area (Å²) in [6.45, 7) is 5.75. The van der Waals surface area contributed by atoms with Crippen LogP contribution in [0.5, 0.6) is 0 Å². The van der Waals surface area contributed by atoms with Crippen molar-refractivity contribution >= 4 is 5.91 Å². The SMILES string of the molecule is Cc1cc(=O)c(C(=O)N(C)CC(C)(C)CN)nn1-c1ccccc1C(F)(F)F. The molecule has 0 aliphatic heterocycles. The number of para-hydroxylation sites is 1. The van der Waals surface area contributed by atoms with Crippen LogP contribution in [0.3, 0.4) is 0 Å². The molecule has 0 saturated heterocycles. The molecule has 0 spiro atoms. The van der Waals surface area contributed by atoms with Crippen LogP contribution in [-0.4, -0.2) is 40.7 Å². The van der Waals surface area contributed by atoms with Crippen LogP contribution in [0, 0.1) is 12.3 Å². The molecule has 9 heteroatoms. The Morgan fingerprint density at radius 3 is 2.43 bits per heavy atom. The number of carbonyl (C=O) groups excluding carboxylic acids is 1. The first-order chi connectivity index (χ1) is 12.9. The zero-order valence-corrected chi connectivity index (χ0v) is 16.2. The second-order valence-electron chi connectivity index (χ2n) is 7.45. The first kappa shape index (κ1) is 21.6. The lowest BCUT2D eigenvalue weighted by atomic mass is 9.93. The summed E-state index contributed by atoms with van der Waals surface area (Å²) in [4.78, 5) is 26.3. The fourth-order valence-corrected chi connectivity index (χ4v) is 2.80. The number of carbonyl (C=O) groups is 1. The van der Waals surface area contributed by atoms with Crippen molar-refractivity contribution in [2.24, 2.45) is 11.1 Å². The summed E-state index contributed by atoms with van der Waals surface area (Å²) in [5, 5.41) is 3.97. The highest BCUT2D eigenvalue weighted by molar-refractivity contribution is 5.92. The van der Waals surface area contributed by atoms with Gasteiger partial charge < -0.3 is 10.6 Å². The van der Waals surface area contributed by atoms with Crippen LogP contribution < -0.4 is 11.2 Å². The highest BCUT2D eigenvalue weighted by Gasteiger charge is 2.34. The Labute approximate surface area is 160 Å². The van der Waals surface area contributed by atoms with Gasteiger partial charge in [-0.15, -0.1) is 0 Å². The molecule has 2 aromatic rings. The summed E-state index contributed by atoms with van der Waals surface area (Å²) >= 11 is 0. The second kappa shape index (κ2) is 7.75. The first-order valence-corrected chi connectivity index (χ1v) is 8.60. The highest BCUT2D eigenvalue weighted by Crippen LogP contribution is 2.33. The predicted molar refractivity (Wildman–Crippen MR) is 99.4 cm³/mol. The van der Waals surface area contributed by atoms with Crippen molar-refractivity contribution in [2.75, 3.05) is 20.1 Å². The Morgan fingerprint density at radius 1 is 1.25 bits per heavy atom. The lowest BCUT2D eigenvalue weighted by Crippen LogP contribution is -2.42. The number of halogens is 3. The molecule has 0 atom stereocenters. The molecule has 1 amide bonds. The van der Waals surface area contributed by atoms with Crippen molar-refractivity contribution < 1.29 is 18.0 Å². The highest BCUT2D eigenvalue weighted by atomic mass is 19.4. The van der Waals surface area contributed by atoms with Crippen LogP contribution in [0.25, 0.3) is 5.69 Å². The Hall–Kier alpha value is -2.68. The molecule has 0 saturated carbocycles. The summed E-state index contributed by atoms with van der Waals surface area (Å²) in [5.74, 6) is -0.676. The number of hydrogen-bond donors (Lipinski definition) is 1. The number of aryl methyl sites for hydroxylation is 1. The molecule has 1 aromatic carbocycles. The van der Waals surface area contributed by atoms with E-state index in [1.807, 2.05) is 13.8 Å². The van der Waals surface area contributed by atoms with Crippen molar-refractivity contribution in [1.29, 1.82) is 0 Å². The molecule has 6 nitrogen and oxygen atoms in total. The molecule has 0 fully saturated rings. The van der Waals surface area contributed by atoms with Gasteiger partial charge in [-0.3, -0.25) is 9.59 Å². The second-order valence-corrected chi connectivity index (χ2v) is 7.45. The molecule has 0 aliphatic carbocycles. The van der Waals surface area contributed by atoms with E-state index in [1.54, 1.807) is 0 Å². The van der Waals surface area contributed by atoms with E-state index in [1.165, 1.54) is 37.1 Å². The summed E-state index contributed by atoms with van der Waals surface area (Å²) in [5.41, 5.74) is 3.20. The fourth-order valence-electron chi connectivity index (χ4n) is 2.80. The number of hydrogen-bond acceptors (Lipinski definition) is 4. The van der Waals surface area contributed by atoms with E-state index in [0.717, 1.165) is 16.8 Å². The van der Waals surface area contributed by atoms with Crippen molar-refractivity contribution in [3.63, 3.8) is 0 Å². The monoisotopic (exact) mass is 396 g/mol. The molecular weight excluding hydrogens is 373 g/mol. The number of rotatable bonds is 5. The molecule has 152 valence electrons. The Morgan fingerprint density at radius 2 is 1.86 bits per heavy atom. The lowest BCUT2D eigenvalue weighted by Gasteiger charge is -2.28. The molecule has 2 N–H and O–H groups in total. The average Bonchev–Trinajstić information content (AvgIpc) is 2.60. The molecule has 28 heavy (non-hydrogen) atoms. The van der Waals surface area contributed by atoms with E-state index < -0.39 is 34.2 Å². The summed E-state index contributed by atoms with van der Waals surface area (Å²) in [7, 11) is 1.49. The predicted octanol–water partition coefficient (Wildman–Crippen LogP) is 2.62. The third-order valence-electron chi connectivity index (χ3n) is 4.31. The zero-order chi connectivity index (χ0) is 21.3. The molecular formula is C19H23F3N4O2. The van der Waals surface area contributed by atoms with Gasteiger partial charge in [0.25, 0.3) is 5.91 Å². The van der Waals surface area contributed by atoms with E-state index in [4.69, 9.17) is 5.73 Å². The minimum Gasteiger partial charge on any atom is -0.340 e. The van der Waals surface area contributed by atoms with Gasteiger partial charge in [0.15, 0.2) is 5.69 Å². The van der Waals surface area contributed by atoms with E-state index in [9.17, 15) is 22.8 Å². The molecule has 2 rings (SSSR count). The van der Waals surface area contributed by atoms with Gasteiger partial charge in [-0.25, -0.2) is 4.68 Å². The van der Waals surface area contributed by atoms with Gasteiger partial charge in [-0.2, -0.15) is 18.3 Å². The van der Waals surface area contributed by atoms with E-state index >= 15 is 0 Å². The number of alkyl halides is 3. The Kier molecular flexibility index (Phi) is 5.98. The van der Waals surface area contributed by atoms with Crippen molar-refractivity contribution in [3.05, 3.63) is 57.5 Å². The summed E-state index contributed by atoms with van der Waals surface area (Å²) < 4.78 is 41.1. The Balaban J connectivity index is 2.56. The fraction of sp³-hybridized carbons (Fsp3) is 0.421. The topological polar surface area (TPSA) is 81.2 Å². The largest absolute Gasteiger partial charge is 0.418 e. The number of nitrogens with zero attached hydrogens (tertiary/aromatic N) is 3. The van der Waals surface area contributed by atoms with Crippen molar-refractivity contribution in [2.45, 2.75) is 26.9 Å². The Bertz CT molecular complexity index is 936. The van der Waals surface area contributed by atoms with Crippen LogP contribution in [0.1, 0.15) is 35.6 Å². The third-order valence-corrected chi connectivity index (χ3v) is 4.31. The van der Waals surface area contributed by atoms with Crippen molar-refractivity contribution in [3.8, 4) is 5.69 Å². The van der Waals surface area contributed by atoms with Gasteiger partial charge in [-0.1, -0.05) is 26.0 Å².